The molecule has 0 saturated carbocycles. The molecule has 0 saturated heterocycles. The van der Waals surface area contributed by atoms with Gasteiger partial charge in [-0.2, -0.15) is 0 Å². The summed E-state index contributed by atoms with van der Waals surface area (Å²) < 4.78 is 0. The zero-order chi connectivity index (χ0) is 14.5. The molecule has 0 aliphatic heterocycles. The monoisotopic (exact) mass is 264 g/mol. The first-order valence-electron chi connectivity index (χ1n) is 7.04. The first kappa shape index (κ1) is 16.2. The van der Waals surface area contributed by atoms with Gasteiger partial charge >= 0.3 is 0 Å². The van der Waals surface area contributed by atoms with Gasteiger partial charge in [-0.3, -0.25) is 4.90 Å². The van der Waals surface area contributed by atoms with Crippen molar-refractivity contribution in [3.63, 3.8) is 0 Å². The Bertz CT molecular complexity index is 362. The van der Waals surface area contributed by atoms with E-state index in [0.29, 0.717) is 12.6 Å². The van der Waals surface area contributed by atoms with E-state index in [-0.39, 0.29) is 18.1 Å². The smallest absolute Gasteiger partial charge is 0.0558 e. The number of benzene rings is 1. The lowest BCUT2D eigenvalue weighted by Gasteiger charge is -2.38. The van der Waals surface area contributed by atoms with Crippen molar-refractivity contribution >= 4 is 0 Å². The van der Waals surface area contributed by atoms with Crippen molar-refractivity contribution in [3.05, 3.63) is 35.9 Å². The Balaban J connectivity index is 2.79. The number of rotatable bonds is 7. The van der Waals surface area contributed by atoms with Gasteiger partial charge in [0.1, 0.15) is 0 Å². The van der Waals surface area contributed by atoms with Gasteiger partial charge in [-0.05, 0) is 24.8 Å². The first-order chi connectivity index (χ1) is 8.88. The second kappa shape index (κ2) is 7.04. The summed E-state index contributed by atoms with van der Waals surface area (Å²) >= 11 is 0. The average molecular weight is 264 g/mol. The number of nitrogens with two attached hydrogens (primary N) is 1. The molecule has 3 N–H and O–H groups in total. The predicted molar refractivity (Wildman–Crippen MR) is 80.9 cm³/mol. The molecule has 0 fully saturated rings. The van der Waals surface area contributed by atoms with E-state index in [9.17, 15) is 0 Å². The quantitative estimate of drug-likeness (QED) is 0.795. The highest BCUT2D eigenvalue weighted by Crippen LogP contribution is 2.32. The van der Waals surface area contributed by atoms with E-state index in [1.54, 1.807) is 0 Å². The molecule has 0 aliphatic carbocycles. The molecule has 1 aromatic rings. The summed E-state index contributed by atoms with van der Waals surface area (Å²) in [5.41, 5.74) is 7.55. The van der Waals surface area contributed by atoms with Crippen LogP contribution in [0.4, 0.5) is 0 Å². The molecule has 3 nitrogen and oxygen atoms in total. The number of nitrogens with zero attached hydrogens (tertiary/aromatic N) is 1. The lowest BCUT2D eigenvalue weighted by atomic mass is 9.80. The van der Waals surface area contributed by atoms with Crippen LogP contribution in [0.1, 0.15) is 39.3 Å². The molecule has 0 radical (unpaired) electrons. The summed E-state index contributed by atoms with van der Waals surface area (Å²) in [7, 11) is 0. The van der Waals surface area contributed by atoms with E-state index >= 15 is 0 Å². The molecule has 0 aliphatic rings. The highest BCUT2D eigenvalue weighted by molar-refractivity contribution is 5.20. The van der Waals surface area contributed by atoms with Crippen LogP contribution in [-0.2, 0) is 0 Å². The summed E-state index contributed by atoms with van der Waals surface area (Å²) in [6.45, 7) is 10.5. The zero-order valence-corrected chi connectivity index (χ0v) is 12.6. The molecule has 0 amide bonds. The van der Waals surface area contributed by atoms with E-state index < -0.39 is 0 Å². The van der Waals surface area contributed by atoms with Crippen molar-refractivity contribution in [1.29, 1.82) is 0 Å². The third-order valence-corrected chi connectivity index (χ3v) is 3.73. The zero-order valence-electron chi connectivity index (χ0n) is 12.6. The molecule has 1 atom stereocenters. The van der Waals surface area contributed by atoms with Crippen LogP contribution < -0.4 is 5.73 Å². The van der Waals surface area contributed by atoms with Gasteiger partial charge in [0, 0.05) is 25.2 Å². The van der Waals surface area contributed by atoms with Crippen molar-refractivity contribution in [2.75, 3.05) is 19.7 Å². The highest BCUT2D eigenvalue weighted by Gasteiger charge is 2.30. The van der Waals surface area contributed by atoms with Crippen molar-refractivity contribution in [3.8, 4) is 0 Å². The molecule has 0 aromatic heterocycles. The molecule has 1 aromatic carbocycles. The first-order valence-corrected chi connectivity index (χ1v) is 7.04. The molecular weight excluding hydrogens is 236 g/mol. The molecular formula is C16H28N2O. The van der Waals surface area contributed by atoms with Crippen molar-refractivity contribution in [2.24, 2.45) is 11.1 Å². The Hall–Kier alpha value is -0.900. The number of aliphatic hydroxyl groups is 1. The Labute approximate surface area is 117 Å². The third-order valence-electron chi connectivity index (χ3n) is 3.73. The second-order valence-electron chi connectivity index (χ2n) is 6.16. The minimum absolute atomic E-state index is 0.00589. The molecule has 0 heterocycles. The molecule has 1 rings (SSSR count). The van der Waals surface area contributed by atoms with Crippen molar-refractivity contribution in [2.45, 2.75) is 39.8 Å². The van der Waals surface area contributed by atoms with Crippen LogP contribution in [0.25, 0.3) is 0 Å². The van der Waals surface area contributed by atoms with Crippen LogP contribution in [0.3, 0.4) is 0 Å². The topological polar surface area (TPSA) is 49.5 Å². The normalized spacial score (nSPS) is 14.1. The standard InChI is InChI=1S/C16H28N2O/c1-13(2)18(10-11-19)12-16(3,4)15(17)14-8-6-5-7-9-14/h5-9,13,15,19H,10-12,17H2,1-4H3. The number of aliphatic hydroxyl groups excluding tert-OH is 1. The largest absolute Gasteiger partial charge is 0.395 e. The maximum Gasteiger partial charge on any atom is 0.0558 e. The molecule has 1 unspecified atom stereocenters. The fourth-order valence-corrected chi connectivity index (χ4v) is 2.38. The summed E-state index contributed by atoms with van der Waals surface area (Å²) in [5, 5.41) is 9.17. The SMILES string of the molecule is CC(C)N(CCO)CC(C)(C)C(N)c1ccccc1. The fraction of sp³-hybridized carbons (Fsp3) is 0.625. The summed E-state index contributed by atoms with van der Waals surface area (Å²) in [6, 6.07) is 10.6. The second-order valence-corrected chi connectivity index (χ2v) is 6.16. The minimum atomic E-state index is -0.0409. The van der Waals surface area contributed by atoms with E-state index in [0.717, 1.165) is 6.54 Å². The van der Waals surface area contributed by atoms with Crippen molar-refractivity contribution < 1.29 is 5.11 Å². The lowest BCUT2D eigenvalue weighted by Crippen LogP contribution is -2.44. The van der Waals surface area contributed by atoms with E-state index in [2.05, 4.69) is 44.7 Å². The van der Waals surface area contributed by atoms with Crippen LogP contribution in [0.2, 0.25) is 0 Å². The van der Waals surface area contributed by atoms with E-state index in [1.807, 2.05) is 18.2 Å². The van der Waals surface area contributed by atoms with Crippen LogP contribution >= 0.6 is 0 Å². The number of hydrogen-bond donors (Lipinski definition) is 2. The predicted octanol–water partition coefficient (Wildman–Crippen LogP) is 2.42. The average Bonchev–Trinajstić information content (AvgIpc) is 2.38. The summed E-state index contributed by atoms with van der Waals surface area (Å²) in [5.74, 6) is 0. The molecule has 3 heteroatoms. The van der Waals surface area contributed by atoms with Crippen LogP contribution in [0.15, 0.2) is 30.3 Å². The molecule has 19 heavy (non-hydrogen) atoms. The Morgan fingerprint density at radius 1 is 1.21 bits per heavy atom. The van der Waals surface area contributed by atoms with E-state index in [4.69, 9.17) is 10.8 Å². The third kappa shape index (κ3) is 4.60. The Morgan fingerprint density at radius 3 is 2.26 bits per heavy atom. The van der Waals surface area contributed by atoms with Gasteiger partial charge in [-0.1, -0.05) is 44.2 Å². The van der Waals surface area contributed by atoms with Gasteiger partial charge in [0.05, 0.1) is 6.61 Å². The Morgan fingerprint density at radius 2 is 1.79 bits per heavy atom. The Kier molecular flexibility index (Phi) is 5.98. The van der Waals surface area contributed by atoms with Crippen molar-refractivity contribution in [1.82, 2.24) is 4.90 Å². The number of hydrogen-bond acceptors (Lipinski definition) is 3. The van der Waals surface area contributed by atoms with Gasteiger partial charge < -0.3 is 10.8 Å². The van der Waals surface area contributed by atoms with Crippen LogP contribution in [0.5, 0.6) is 0 Å². The highest BCUT2D eigenvalue weighted by atomic mass is 16.3. The van der Waals surface area contributed by atoms with Crippen LogP contribution in [0, 0.1) is 5.41 Å². The van der Waals surface area contributed by atoms with Gasteiger partial charge in [0.15, 0.2) is 0 Å². The lowest BCUT2D eigenvalue weighted by molar-refractivity contribution is 0.102. The molecule has 0 spiro atoms. The van der Waals surface area contributed by atoms with Gasteiger partial charge in [-0.15, -0.1) is 0 Å². The van der Waals surface area contributed by atoms with Crippen LogP contribution in [-0.4, -0.2) is 35.7 Å². The van der Waals surface area contributed by atoms with E-state index in [1.165, 1.54) is 5.56 Å². The van der Waals surface area contributed by atoms with Gasteiger partial charge in [0.25, 0.3) is 0 Å². The fourth-order valence-electron chi connectivity index (χ4n) is 2.38. The minimum Gasteiger partial charge on any atom is -0.395 e. The maximum atomic E-state index is 9.17. The summed E-state index contributed by atoms with van der Waals surface area (Å²) in [6.07, 6.45) is 0. The van der Waals surface area contributed by atoms with Gasteiger partial charge in [-0.25, -0.2) is 0 Å². The van der Waals surface area contributed by atoms with Gasteiger partial charge in [0.2, 0.25) is 0 Å². The summed E-state index contributed by atoms with van der Waals surface area (Å²) in [4.78, 5) is 2.28. The maximum absolute atomic E-state index is 9.17. The molecule has 0 bridgehead atoms. The molecule has 108 valence electrons.